The molecular formula is C21H24N4O2. The summed E-state index contributed by atoms with van der Waals surface area (Å²) in [6.07, 6.45) is 5.53. The summed E-state index contributed by atoms with van der Waals surface area (Å²) in [6, 6.07) is 11.9. The zero-order valence-electron chi connectivity index (χ0n) is 15.5. The highest BCUT2D eigenvalue weighted by atomic mass is 16.5. The van der Waals surface area contributed by atoms with Crippen molar-refractivity contribution in [3.8, 4) is 0 Å². The summed E-state index contributed by atoms with van der Waals surface area (Å²) >= 11 is 0. The molecular weight excluding hydrogens is 340 g/mol. The Hall–Kier alpha value is -2.73. The molecule has 3 heterocycles. The number of hydrogen-bond donors (Lipinski definition) is 0. The minimum Gasteiger partial charge on any atom is -0.373 e. The van der Waals surface area contributed by atoms with Gasteiger partial charge >= 0.3 is 0 Å². The van der Waals surface area contributed by atoms with E-state index in [9.17, 15) is 4.79 Å². The molecule has 1 aliphatic heterocycles. The van der Waals surface area contributed by atoms with Gasteiger partial charge in [0.05, 0.1) is 23.7 Å². The average molecular weight is 364 g/mol. The Bertz CT molecular complexity index is 914. The van der Waals surface area contributed by atoms with Gasteiger partial charge in [-0.1, -0.05) is 18.2 Å². The van der Waals surface area contributed by atoms with E-state index in [2.05, 4.69) is 9.97 Å². The van der Waals surface area contributed by atoms with Gasteiger partial charge in [0.1, 0.15) is 12.4 Å². The number of hydrogen-bond acceptors (Lipinski definition) is 4. The van der Waals surface area contributed by atoms with E-state index in [1.54, 1.807) is 6.20 Å². The summed E-state index contributed by atoms with van der Waals surface area (Å²) in [5, 5.41) is 0. The van der Waals surface area contributed by atoms with Crippen molar-refractivity contribution in [1.29, 1.82) is 0 Å². The van der Waals surface area contributed by atoms with E-state index in [1.807, 2.05) is 59.0 Å². The Balaban J connectivity index is 1.31. The average Bonchev–Trinajstić information content (AvgIpc) is 3.03. The second-order valence-corrected chi connectivity index (χ2v) is 6.99. The molecule has 3 aromatic rings. The van der Waals surface area contributed by atoms with Crippen LogP contribution < -0.4 is 0 Å². The number of carbonyl (C=O) groups is 1. The van der Waals surface area contributed by atoms with E-state index in [1.165, 1.54) is 0 Å². The van der Waals surface area contributed by atoms with Crippen molar-refractivity contribution < 1.29 is 9.53 Å². The number of likely N-dealkylation sites (tertiary alicyclic amines) is 1. The second kappa shape index (κ2) is 7.88. The highest BCUT2D eigenvalue weighted by Crippen LogP contribution is 2.18. The lowest BCUT2D eigenvalue weighted by molar-refractivity contribution is -0.134. The quantitative estimate of drug-likeness (QED) is 0.698. The molecule has 1 aliphatic rings. The van der Waals surface area contributed by atoms with Crippen LogP contribution in [0.2, 0.25) is 0 Å². The minimum atomic E-state index is 0.145. The van der Waals surface area contributed by atoms with Crippen LogP contribution in [0.25, 0.3) is 11.0 Å². The van der Waals surface area contributed by atoms with Crippen molar-refractivity contribution in [2.75, 3.05) is 13.1 Å². The van der Waals surface area contributed by atoms with Crippen molar-refractivity contribution in [3.05, 3.63) is 60.2 Å². The number of piperidine rings is 1. The lowest BCUT2D eigenvalue weighted by atomic mass is 10.1. The Morgan fingerprint density at radius 3 is 2.78 bits per heavy atom. The predicted molar refractivity (Wildman–Crippen MR) is 103 cm³/mol. The molecule has 0 bridgehead atoms. The third-order valence-corrected chi connectivity index (χ3v) is 5.14. The van der Waals surface area contributed by atoms with Crippen LogP contribution in [0, 0.1) is 6.92 Å². The number of aromatic nitrogens is 3. The normalized spacial score (nSPS) is 15.4. The van der Waals surface area contributed by atoms with Crippen molar-refractivity contribution in [2.45, 2.75) is 39.0 Å². The maximum atomic E-state index is 12.8. The minimum absolute atomic E-state index is 0.145. The van der Waals surface area contributed by atoms with Crippen LogP contribution in [0.5, 0.6) is 0 Å². The Labute approximate surface area is 158 Å². The first-order valence-corrected chi connectivity index (χ1v) is 9.41. The third kappa shape index (κ3) is 4.01. The first kappa shape index (κ1) is 17.7. The molecule has 0 aliphatic carbocycles. The smallest absolute Gasteiger partial charge is 0.242 e. The molecule has 140 valence electrons. The van der Waals surface area contributed by atoms with Crippen LogP contribution in [0.1, 0.15) is 24.2 Å². The first-order valence-electron chi connectivity index (χ1n) is 9.41. The van der Waals surface area contributed by atoms with E-state index < -0.39 is 0 Å². The highest BCUT2D eigenvalue weighted by molar-refractivity contribution is 5.81. The fourth-order valence-corrected chi connectivity index (χ4v) is 3.60. The van der Waals surface area contributed by atoms with Gasteiger partial charge in [0, 0.05) is 25.5 Å². The molecule has 6 nitrogen and oxygen atoms in total. The summed E-state index contributed by atoms with van der Waals surface area (Å²) in [5.74, 6) is 1.02. The van der Waals surface area contributed by atoms with Gasteiger partial charge in [0.25, 0.3) is 0 Å². The van der Waals surface area contributed by atoms with Crippen LogP contribution in [-0.4, -0.2) is 44.5 Å². The number of para-hydroxylation sites is 2. The molecule has 4 rings (SSSR count). The molecule has 1 saturated heterocycles. The third-order valence-electron chi connectivity index (χ3n) is 5.14. The molecule has 27 heavy (non-hydrogen) atoms. The molecule has 1 amide bonds. The number of amides is 1. The maximum absolute atomic E-state index is 12.8. The molecule has 0 radical (unpaired) electrons. The number of ether oxygens (including phenoxy) is 1. The van der Waals surface area contributed by atoms with Gasteiger partial charge in [-0.05, 0) is 43.5 Å². The number of nitrogens with zero attached hydrogens (tertiary/aromatic N) is 4. The molecule has 2 aromatic heterocycles. The number of benzene rings is 1. The van der Waals surface area contributed by atoms with Gasteiger partial charge in [-0.2, -0.15) is 0 Å². The molecule has 1 fully saturated rings. The molecule has 6 heteroatoms. The standard InChI is InChI=1S/C21H24N4O2/c1-16-23-19-6-2-3-7-20(19)25(16)14-21(26)24-11-8-18(9-12-24)27-15-17-5-4-10-22-13-17/h2-7,10,13,18H,8-9,11-12,14-15H2,1H3. The molecule has 0 unspecified atom stereocenters. The number of pyridine rings is 1. The molecule has 0 N–H and O–H groups in total. The second-order valence-electron chi connectivity index (χ2n) is 6.99. The van der Waals surface area contributed by atoms with Gasteiger partial charge in [-0.15, -0.1) is 0 Å². The summed E-state index contributed by atoms with van der Waals surface area (Å²) in [7, 11) is 0. The predicted octanol–water partition coefficient (Wildman–Crippen LogP) is 2.95. The number of imidazole rings is 1. The van der Waals surface area contributed by atoms with Gasteiger partial charge in [-0.3, -0.25) is 9.78 Å². The Morgan fingerprint density at radius 2 is 2.00 bits per heavy atom. The van der Waals surface area contributed by atoms with Crippen molar-refractivity contribution >= 4 is 16.9 Å². The fraction of sp³-hybridized carbons (Fsp3) is 0.381. The molecule has 1 aromatic carbocycles. The summed E-state index contributed by atoms with van der Waals surface area (Å²) < 4.78 is 7.99. The zero-order valence-corrected chi connectivity index (χ0v) is 15.5. The maximum Gasteiger partial charge on any atom is 0.242 e. The lowest BCUT2D eigenvalue weighted by Gasteiger charge is -2.32. The van der Waals surface area contributed by atoms with Gasteiger partial charge in [0.15, 0.2) is 0 Å². The SMILES string of the molecule is Cc1nc2ccccc2n1CC(=O)N1CCC(OCc2cccnc2)CC1. The van der Waals surface area contributed by atoms with Crippen LogP contribution in [0.4, 0.5) is 0 Å². The van der Waals surface area contributed by atoms with Crippen LogP contribution in [0.3, 0.4) is 0 Å². The molecule has 0 spiro atoms. The van der Waals surface area contributed by atoms with E-state index >= 15 is 0 Å². The first-order chi connectivity index (χ1) is 13.2. The monoisotopic (exact) mass is 364 g/mol. The molecule has 0 atom stereocenters. The van der Waals surface area contributed by atoms with Crippen molar-refractivity contribution in [1.82, 2.24) is 19.4 Å². The van der Waals surface area contributed by atoms with E-state index in [-0.39, 0.29) is 12.0 Å². The van der Waals surface area contributed by atoms with E-state index in [0.29, 0.717) is 13.2 Å². The lowest BCUT2D eigenvalue weighted by Crippen LogP contribution is -2.42. The number of aryl methyl sites for hydroxylation is 1. The Morgan fingerprint density at radius 1 is 1.19 bits per heavy atom. The van der Waals surface area contributed by atoms with Crippen LogP contribution in [-0.2, 0) is 22.7 Å². The van der Waals surface area contributed by atoms with E-state index in [0.717, 1.165) is 48.4 Å². The number of fused-ring (bicyclic) bond motifs is 1. The Kier molecular flexibility index (Phi) is 5.16. The molecule has 0 saturated carbocycles. The zero-order chi connectivity index (χ0) is 18.6. The summed E-state index contributed by atoms with van der Waals surface area (Å²) in [5.41, 5.74) is 3.03. The fourth-order valence-electron chi connectivity index (χ4n) is 3.60. The largest absolute Gasteiger partial charge is 0.373 e. The number of rotatable bonds is 5. The number of carbonyl (C=O) groups excluding carboxylic acids is 1. The van der Waals surface area contributed by atoms with E-state index in [4.69, 9.17) is 4.74 Å². The topological polar surface area (TPSA) is 60.2 Å². The van der Waals surface area contributed by atoms with Crippen molar-refractivity contribution in [2.24, 2.45) is 0 Å². The van der Waals surface area contributed by atoms with Crippen LogP contribution >= 0.6 is 0 Å². The van der Waals surface area contributed by atoms with Gasteiger partial charge < -0.3 is 14.2 Å². The summed E-state index contributed by atoms with van der Waals surface area (Å²) in [6.45, 7) is 4.34. The van der Waals surface area contributed by atoms with Gasteiger partial charge in [-0.25, -0.2) is 4.98 Å². The van der Waals surface area contributed by atoms with Gasteiger partial charge in [0.2, 0.25) is 5.91 Å². The van der Waals surface area contributed by atoms with Crippen LogP contribution in [0.15, 0.2) is 48.8 Å². The highest BCUT2D eigenvalue weighted by Gasteiger charge is 2.24. The van der Waals surface area contributed by atoms with Crippen molar-refractivity contribution in [3.63, 3.8) is 0 Å². The summed E-state index contributed by atoms with van der Waals surface area (Å²) in [4.78, 5) is 23.4.